The van der Waals surface area contributed by atoms with Crippen molar-refractivity contribution in [3.8, 4) is 0 Å². The number of rotatable bonds is 2. The minimum Gasteiger partial charge on any atom is -0.371 e. The van der Waals surface area contributed by atoms with Crippen molar-refractivity contribution >= 4 is 37.5 Å². The molecule has 1 nitrogen and oxygen atoms in total. The molecular weight excluding hydrogens is 330 g/mol. The third-order valence-corrected chi connectivity index (χ3v) is 4.55. The van der Waals surface area contributed by atoms with Crippen LogP contribution in [0.15, 0.2) is 22.7 Å². The molecule has 0 amide bonds. The van der Waals surface area contributed by atoms with Crippen LogP contribution in [0.1, 0.15) is 25.3 Å². The maximum atomic E-state index is 3.63. The minimum absolute atomic E-state index is 0.823. The smallest absolute Gasteiger partial charge is 0.0377 e. The van der Waals surface area contributed by atoms with E-state index in [4.69, 9.17) is 0 Å². The van der Waals surface area contributed by atoms with Gasteiger partial charge in [-0.1, -0.05) is 44.8 Å². The maximum absolute atomic E-state index is 3.63. The van der Waals surface area contributed by atoms with E-state index in [0.29, 0.717) is 0 Å². The second kappa shape index (κ2) is 5.54. The topological polar surface area (TPSA) is 3.24 Å². The molecule has 1 aromatic carbocycles. The van der Waals surface area contributed by atoms with Crippen LogP contribution < -0.4 is 4.90 Å². The molecular formula is C13H17Br2N. The number of alkyl halides is 1. The van der Waals surface area contributed by atoms with Crippen molar-refractivity contribution in [1.29, 1.82) is 0 Å². The first-order chi connectivity index (χ1) is 7.70. The SMILES string of the molecule is CC1CCCN(c2ccc(CBr)c(Br)c2)C1. The van der Waals surface area contributed by atoms with Crippen LogP contribution in [0.5, 0.6) is 0 Å². The van der Waals surface area contributed by atoms with E-state index < -0.39 is 0 Å². The molecule has 0 N–H and O–H groups in total. The third kappa shape index (κ3) is 2.80. The molecule has 3 heteroatoms. The van der Waals surface area contributed by atoms with E-state index in [9.17, 15) is 0 Å². The van der Waals surface area contributed by atoms with Crippen LogP contribution in [0.25, 0.3) is 0 Å². The fourth-order valence-corrected chi connectivity index (χ4v) is 3.64. The van der Waals surface area contributed by atoms with Gasteiger partial charge in [0.15, 0.2) is 0 Å². The zero-order chi connectivity index (χ0) is 11.5. The van der Waals surface area contributed by atoms with Crippen molar-refractivity contribution < 1.29 is 0 Å². The van der Waals surface area contributed by atoms with Gasteiger partial charge in [-0.25, -0.2) is 0 Å². The summed E-state index contributed by atoms with van der Waals surface area (Å²) >= 11 is 7.13. The summed E-state index contributed by atoms with van der Waals surface area (Å²) in [6.45, 7) is 4.73. The number of nitrogens with zero attached hydrogens (tertiary/aromatic N) is 1. The van der Waals surface area contributed by atoms with Gasteiger partial charge in [0.05, 0.1) is 0 Å². The molecule has 1 fully saturated rings. The summed E-state index contributed by atoms with van der Waals surface area (Å²) in [7, 11) is 0. The number of halogens is 2. The van der Waals surface area contributed by atoms with Crippen molar-refractivity contribution in [3.63, 3.8) is 0 Å². The molecule has 0 radical (unpaired) electrons. The Labute approximate surface area is 114 Å². The quantitative estimate of drug-likeness (QED) is 0.708. The monoisotopic (exact) mass is 345 g/mol. The highest BCUT2D eigenvalue weighted by molar-refractivity contribution is 9.10. The maximum Gasteiger partial charge on any atom is 0.0377 e. The lowest BCUT2D eigenvalue weighted by atomic mass is 9.99. The average Bonchev–Trinajstić information content (AvgIpc) is 2.29. The van der Waals surface area contributed by atoms with Crippen LogP contribution in [0, 0.1) is 5.92 Å². The molecule has 1 unspecified atom stereocenters. The lowest BCUT2D eigenvalue weighted by molar-refractivity contribution is 0.447. The summed E-state index contributed by atoms with van der Waals surface area (Å²) in [5.41, 5.74) is 2.66. The first kappa shape index (κ1) is 12.4. The molecule has 0 aliphatic carbocycles. The van der Waals surface area contributed by atoms with Gasteiger partial charge in [-0.15, -0.1) is 0 Å². The van der Waals surface area contributed by atoms with Gasteiger partial charge in [-0.3, -0.25) is 0 Å². The minimum atomic E-state index is 0.823. The summed E-state index contributed by atoms with van der Waals surface area (Å²) in [4.78, 5) is 2.50. The lowest BCUT2D eigenvalue weighted by Gasteiger charge is -2.33. The second-order valence-electron chi connectivity index (χ2n) is 4.60. The molecule has 1 atom stereocenters. The Kier molecular flexibility index (Phi) is 4.31. The molecule has 1 aliphatic rings. The van der Waals surface area contributed by atoms with Crippen LogP contribution in [-0.2, 0) is 5.33 Å². The van der Waals surface area contributed by atoms with Gasteiger partial charge in [0, 0.05) is 28.6 Å². The number of benzene rings is 1. The van der Waals surface area contributed by atoms with E-state index in [1.165, 1.54) is 41.7 Å². The molecule has 1 saturated heterocycles. The highest BCUT2D eigenvalue weighted by Crippen LogP contribution is 2.28. The lowest BCUT2D eigenvalue weighted by Crippen LogP contribution is -2.34. The van der Waals surface area contributed by atoms with Gasteiger partial charge < -0.3 is 4.90 Å². The molecule has 0 saturated carbocycles. The predicted octanol–water partition coefficient (Wildman–Crippen LogP) is 4.58. The summed E-state index contributed by atoms with van der Waals surface area (Å²) in [5, 5.41) is 0.907. The number of anilines is 1. The second-order valence-corrected chi connectivity index (χ2v) is 6.02. The third-order valence-electron chi connectivity index (χ3n) is 3.20. The molecule has 0 aromatic heterocycles. The first-order valence-electron chi connectivity index (χ1n) is 5.80. The fraction of sp³-hybridized carbons (Fsp3) is 0.538. The van der Waals surface area contributed by atoms with Gasteiger partial charge in [-0.2, -0.15) is 0 Å². The van der Waals surface area contributed by atoms with E-state index in [1.54, 1.807) is 0 Å². The normalized spacial score (nSPS) is 21.2. The van der Waals surface area contributed by atoms with E-state index in [1.807, 2.05) is 0 Å². The number of piperidine rings is 1. The Balaban J connectivity index is 2.17. The van der Waals surface area contributed by atoms with Crippen LogP contribution in [0.4, 0.5) is 5.69 Å². The van der Waals surface area contributed by atoms with Crippen LogP contribution in [-0.4, -0.2) is 13.1 Å². The van der Waals surface area contributed by atoms with Crippen LogP contribution >= 0.6 is 31.9 Å². The molecule has 1 aromatic rings. The Morgan fingerprint density at radius 3 is 2.88 bits per heavy atom. The van der Waals surface area contributed by atoms with Gasteiger partial charge >= 0.3 is 0 Å². The highest BCUT2D eigenvalue weighted by Gasteiger charge is 2.16. The van der Waals surface area contributed by atoms with Gasteiger partial charge in [0.25, 0.3) is 0 Å². The summed E-state index contributed by atoms with van der Waals surface area (Å²) < 4.78 is 1.21. The van der Waals surface area contributed by atoms with E-state index in [2.05, 4.69) is 61.9 Å². The Hall–Kier alpha value is -0.0200. The van der Waals surface area contributed by atoms with E-state index >= 15 is 0 Å². The standard InChI is InChI=1S/C13H17Br2N/c1-10-3-2-6-16(9-10)12-5-4-11(8-14)13(15)7-12/h4-5,7,10H,2-3,6,8-9H2,1H3. The molecule has 1 heterocycles. The van der Waals surface area contributed by atoms with E-state index in [-0.39, 0.29) is 0 Å². The van der Waals surface area contributed by atoms with Gasteiger partial charge in [0.1, 0.15) is 0 Å². The average molecular weight is 347 g/mol. The van der Waals surface area contributed by atoms with Crippen molar-refractivity contribution in [2.75, 3.05) is 18.0 Å². The van der Waals surface area contributed by atoms with Crippen LogP contribution in [0.2, 0.25) is 0 Å². The molecule has 0 spiro atoms. The molecule has 16 heavy (non-hydrogen) atoms. The largest absolute Gasteiger partial charge is 0.371 e. The number of hydrogen-bond acceptors (Lipinski definition) is 1. The zero-order valence-corrected chi connectivity index (χ0v) is 12.7. The van der Waals surface area contributed by atoms with Crippen molar-refractivity contribution in [3.05, 3.63) is 28.2 Å². The summed E-state index contributed by atoms with van der Waals surface area (Å²) in [5.74, 6) is 0.823. The van der Waals surface area contributed by atoms with Crippen molar-refractivity contribution in [1.82, 2.24) is 0 Å². The Morgan fingerprint density at radius 1 is 1.44 bits per heavy atom. The fourth-order valence-electron chi connectivity index (χ4n) is 2.27. The van der Waals surface area contributed by atoms with Gasteiger partial charge in [-0.05, 0) is 36.5 Å². The Morgan fingerprint density at radius 2 is 2.25 bits per heavy atom. The molecule has 0 bridgehead atoms. The number of hydrogen-bond donors (Lipinski definition) is 0. The predicted molar refractivity (Wildman–Crippen MR) is 77.4 cm³/mol. The zero-order valence-electron chi connectivity index (χ0n) is 9.55. The summed E-state index contributed by atoms with van der Waals surface area (Å²) in [6, 6.07) is 6.68. The molecule has 1 aliphatic heterocycles. The molecule has 88 valence electrons. The summed E-state index contributed by atoms with van der Waals surface area (Å²) in [6.07, 6.45) is 2.69. The Bertz CT molecular complexity index is 365. The van der Waals surface area contributed by atoms with E-state index in [0.717, 1.165) is 11.2 Å². The first-order valence-corrected chi connectivity index (χ1v) is 7.71. The molecule has 2 rings (SSSR count). The van der Waals surface area contributed by atoms with Crippen molar-refractivity contribution in [2.45, 2.75) is 25.1 Å². The van der Waals surface area contributed by atoms with Gasteiger partial charge in [0.2, 0.25) is 0 Å². The van der Waals surface area contributed by atoms with Crippen molar-refractivity contribution in [2.24, 2.45) is 5.92 Å². The van der Waals surface area contributed by atoms with Crippen LogP contribution in [0.3, 0.4) is 0 Å². The highest BCUT2D eigenvalue weighted by atomic mass is 79.9.